The number of ether oxygens (including phenoxy) is 4. The van der Waals surface area contributed by atoms with Gasteiger partial charge in [0.05, 0.1) is 13.7 Å². The highest BCUT2D eigenvalue weighted by Gasteiger charge is 2.45. The van der Waals surface area contributed by atoms with Gasteiger partial charge in [0, 0.05) is 13.2 Å². The van der Waals surface area contributed by atoms with E-state index in [1.165, 1.54) is 32.4 Å². The molecule has 1 aromatic rings. The quantitative estimate of drug-likeness (QED) is 0.559. The van der Waals surface area contributed by atoms with Crippen molar-refractivity contribution < 1.29 is 39.4 Å². The van der Waals surface area contributed by atoms with Crippen molar-refractivity contribution in [3.05, 3.63) is 18.2 Å². The molecule has 1 aliphatic heterocycles. The first-order chi connectivity index (χ1) is 10.5. The Hall–Kier alpha value is -1.58. The molecule has 124 valence electrons. The van der Waals surface area contributed by atoms with Crippen molar-refractivity contribution in [1.29, 1.82) is 0 Å². The fourth-order valence-electron chi connectivity index (χ4n) is 2.31. The van der Waals surface area contributed by atoms with Crippen LogP contribution in [0.1, 0.15) is 0 Å². The first kappa shape index (κ1) is 16.8. The highest BCUT2D eigenvalue weighted by molar-refractivity contribution is 5.44. The van der Waals surface area contributed by atoms with E-state index in [1.807, 2.05) is 0 Å². The number of aromatic hydroxyl groups is 1. The Bertz CT molecular complexity index is 492. The van der Waals surface area contributed by atoms with Crippen molar-refractivity contribution in [2.24, 2.45) is 0 Å². The van der Waals surface area contributed by atoms with Crippen molar-refractivity contribution >= 4 is 0 Å². The number of aliphatic hydroxyl groups excluding tert-OH is 3. The molecule has 2 rings (SSSR count). The number of rotatable bonds is 5. The van der Waals surface area contributed by atoms with Crippen LogP contribution in [0.3, 0.4) is 0 Å². The molecule has 8 nitrogen and oxygen atoms in total. The molecule has 0 saturated carbocycles. The van der Waals surface area contributed by atoms with Gasteiger partial charge in [-0.15, -0.1) is 0 Å². The number of benzene rings is 1. The highest BCUT2D eigenvalue weighted by atomic mass is 16.7. The van der Waals surface area contributed by atoms with E-state index in [2.05, 4.69) is 0 Å². The van der Waals surface area contributed by atoms with Crippen LogP contribution >= 0.6 is 0 Å². The van der Waals surface area contributed by atoms with Crippen molar-refractivity contribution in [3.63, 3.8) is 0 Å². The first-order valence-corrected chi connectivity index (χ1v) is 6.70. The molecule has 1 aliphatic rings. The molecule has 1 saturated heterocycles. The zero-order chi connectivity index (χ0) is 16.3. The summed E-state index contributed by atoms with van der Waals surface area (Å²) in [5.74, 6) is 0.392. The third kappa shape index (κ3) is 3.26. The number of methoxy groups -OCH3 is 2. The normalized spacial score (nSPS) is 31.8. The molecule has 0 aromatic heterocycles. The minimum atomic E-state index is -1.37. The van der Waals surface area contributed by atoms with Crippen molar-refractivity contribution in [2.45, 2.75) is 30.7 Å². The summed E-state index contributed by atoms with van der Waals surface area (Å²) in [6.07, 6.45) is -5.55. The molecular formula is C14H20O8. The number of hydrogen-bond donors (Lipinski definition) is 4. The van der Waals surface area contributed by atoms with Crippen molar-refractivity contribution in [3.8, 4) is 17.2 Å². The molecule has 1 heterocycles. The Morgan fingerprint density at radius 3 is 2.50 bits per heavy atom. The summed E-state index contributed by atoms with van der Waals surface area (Å²) < 4.78 is 20.9. The van der Waals surface area contributed by atoms with Crippen LogP contribution in [0.15, 0.2) is 18.2 Å². The molecule has 1 fully saturated rings. The lowest BCUT2D eigenvalue weighted by Gasteiger charge is -2.41. The molecule has 5 atom stereocenters. The number of phenolic OH excluding ortho intramolecular Hbond substituents is 1. The Balaban J connectivity index is 2.15. The fraction of sp³-hybridized carbons (Fsp3) is 0.571. The van der Waals surface area contributed by atoms with Gasteiger partial charge in [-0.3, -0.25) is 0 Å². The maximum Gasteiger partial charge on any atom is 0.229 e. The molecule has 8 heteroatoms. The molecule has 0 bridgehead atoms. The molecule has 5 unspecified atom stereocenters. The van der Waals surface area contributed by atoms with Gasteiger partial charge in [-0.1, -0.05) is 0 Å². The van der Waals surface area contributed by atoms with Gasteiger partial charge in [-0.05, 0) is 12.1 Å². The van der Waals surface area contributed by atoms with Gasteiger partial charge in [-0.25, -0.2) is 0 Å². The van der Waals surface area contributed by atoms with E-state index >= 15 is 0 Å². The lowest BCUT2D eigenvalue weighted by atomic mass is 9.99. The van der Waals surface area contributed by atoms with Crippen LogP contribution in [0.5, 0.6) is 17.2 Å². The van der Waals surface area contributed by atoms with Gasteiger partial charge in [-0.2, -0.15) is 0 Å². The second kappa shape index (κ2) is 7.12. The van der Waals surface area contributed by atoms with Crippen molar-refractivity contribution in [1.82, 2.24) is 0 Å². The number of hydrogen-bond acceptors (Lipinski definition) is 8. The van der Waals surface area contributed by atoms with E-state index in [0.29, 0.717) is 0 Å². The molecule has 22 heavy (non-hydrogen) atoms. The molecular weight excluding hydrogens is 296 g/mol. The SMILES string of the molecule is COc1cc(OC2OC(CO)C(OC)C(O)C2O)ccc1O. The zero-order valence-corrected chi connectivity index (χ0v) is 12.2. The minimum Gasteiger partial charge on any atom is -0.504 e. The maximum atomic E-state index is 10.1. The third-order valence-corrected chi connectivity index (χ3v) is 3.50. The summed E-state index contributed by atoms with van der Waals surface area (Å²) in [6.45, 7) is -0.402. The van der Waals surface area contributed by atoms with Gasteiger partial charge in [0.15, 0.2) is 11.5 Å². The predicted octanol–water partition coefficient (Wildman–Crippen LogP) is -0.766. The van der Waals surface area contributed by atoms with Crippen LogP contribution in [0.4, 0.5) is 0 Å². The van der Waals surface area contributed by atoms with E-state index in [1.54, 1.807) is 0 Å². The average Bonchev–Trinajstić information content (AvgIpc) is 2.53. The summed E-state index contributed by atoms with van der Waals surface area (Å²) in [6, 6.07) is 4.23. The standard InChI is InChI=1S/C14H20O8/c1-19-9-5-7(3-4-8(9)16)21-14-12(18)11(17)13(20-2)10(6-15)22-14/h3-5,10-18H,6H2,1-2H3. The first-order valence-electron chi connectivity index (χ1n) is 6.70. The molecule has 0 amide bonds. The van der Waals surface area contributed by atoms with Crippen LogP contribution in [-0.4, -0.2) is 72.0 Å². The summed E-state index contributed by atoms with van der Waals surface area (Å²) in [5, 5.41) is 38.9. The van der Waals surface area contributed by atoms with Crippen LogP contribution < -0.4 is 9.47 Å². The van der Waals surface area contributed by atoms with E-state index < -0.39 is 37.3 Å². The van der Waals surface area contributed by atoms with Crippen LogP contribution in [0.2, 0.25) is 0 Å². The van der Waals surface area contributed by atoms with Crippen LogP contribution in [0.25, 0.3) is 0 Å². The lowest BCUT2D eigenvalue weighted by Crippen LogP contribution is -2.60. The molecule has 0 radical (unpaired) electrons. The third-order valence-electron chi connectivity index (χ3n) is 3.50. The summed E-state index contributed by atoms with van der Waals surface area (Å²) in [5.41, 5.74) is 0. The largest absolute Gasteiger partial charge is 0.504 e. The smallest absolute Gasteiger partial charge is 0.229 e. The monoisotopic (exact) mass is 316 g/mol. The molecule has 0 spiro atoms. The topological polar surface area (TPSA) is 118 Å². The Morgan fingerprint density at radius 2 is 1.91 bits per heavy atom. The number of aliphatic hydroxyl groups is 3. The van der Waals surface area contributed by atoms with Gasteiger partial charge >= 0.3 is 0 Å². The van der Waals surface area contributed by atoms with E-state index in [4.69, 9.17) is 18.9 Å². The summed E-state index contributed by atoms with van der Waals surface area (Å²) in [4.78, 5) is 0. The van der Waals surface area contributed by atoms with Gasteiger partial charge in [0.1, 0.15) is 30.2 Å². The second-order valence-corrected chi connectivity index (χ2v) is 4.86. The molecule has 1 aromatic carbocycles. The maximum absolute atomic E-state index is 10.1. The van der Waals surface area contributed by atoms with E-state index in [0.717, 1.165) is 0 Å². The summed E-state index contributed by atoms with van der Waals surface area (Å²) >= 11 is 0. The van der Waals surface area contributed by atoms with E-state index in [-0.39, 0.29) is 17.2 Å². The van der Waals surface area contributed by atoms with Crippen molar-refractivity contribution in [2.75, 3.05) is 20.8 Å². The minimum absolute atomic E-state index is 0.0623. The Labute approximate surface area is 127 Å². The zero-order valence-electron chi connectivity index (χ0n) is 12.2. The Morgan fingerprint density at radius 1 is 1.18 bits per heavy atom. The summed E-state index contributed by atoms with van der Waals surface area (Å²) in [7, 11) is 2.73. The Kier molecular flexibility index (Phi) is 5.43. The van der Waals surface area contributed by atoms with Crippen LogP contribution in [-0.2, 0) is 9.47 Å². The highest BCUT2D eigenvalue weighted by Crippen LogP contribution is 2.32. The number of phenols is 1. The fourth-order valence-corrected chi connectivity index (χ4v) is 2.31. The predicted molar refractivity (Wildman–Crippen MR) is 73.8 cm³/mol. The average molecular weight is 316 g/mol. The van der Waals surface area contributed by atoms with Gasteiger partial charge in [0.25, 0.3) is 0 Å². The van der Waals surface area contributed by atoms with Gasteiger partial charge in [0.2, 0.25) is 6.29 Å². The van der Waals surface area contributed by atoms with Gasteiger partial charge < -0.3 is 39.4 Å². The van der Waals surface area contributed by atoms with E-state index in [9.17, 15) is 20.4 Å². The van der Waals surface area contributed by atoms with Crippen LogP contribution in [0, 0.1) is 0 Å². The second-order valence-electron chi connectivity index (χ2n) is 4.86. The lowest BCUT2D eigenvalue weighted by molar-refractivity contribution is -0.281. The molecule has 0 aliphatic carbocycles. The molecule has 4 N–H and O–H groups in total.